The molecule has 0 aliphatic carbocycles. The van der Waals surface area contributed by atoms with Crippen molar-refractivity contribution in [2.75, 3.05) is 6.61 Å². The number of aliphatic hydroxyl groups excluding tert-OH is 1. The van der Waals surface area contributed by atoms with Crippen molar-refractivity contribution < 1.29 is 9.63 Å². The van der Waals surface area contributed by atoms with Crippen molar-refractivity contribution >= 4 is 0 Å². The van der Waals surface area contributed by atoms with Crippen molar-refractivity contribution in [2.45, 2.75) is 6.04 Å². The van der Waals surface area contributed by atoms with E-state index in [2.05, 4.69) is 10.1 Å². The molecule has 1 heterocycles. The summed E-state index contributed by atoms with van der Waals surface area (Å²) in [5.74, 6) is 0.519. The van der Waals surface area contributed by atoms with Crippen LogP contribution in [0.4, 0.5) is 0 Å². The first kappa shape index (κ1) is 11.3. The fraction of sp³-hybridized carbons (Fsp3) is 0.182. The lowest BCUT2D eigenvalue weighted by Gasteiger charge is -1.98. The van der Waals surface area contributed by atoms with E-state index in [1.165, 1.54) is 0 Å². The van der Waals surface area contributed by atoms with Crippen LogP contribution in [0.15, 0.2) is 28.8 Å². The van der Waals surface area contributed by atoms with Gasteiger partial charge in [-0.3, -0.25) is 0 Å². The Morgan fingerprint density at radius 2 is 2.35 bits per heavy atom. The highest BCUT2D eigenvalue weighted by Crippen LogP contribution is 2.19. The van der Waals surface area contributed by atoms with Gasteiger partial charge in [0.05, 0.1) is 24.3 Å². The maximum Gasteiger partial charge on any atom is 0.258 e. The number of nitrogens with two attached hydrogens (primary N) is 1. The smallest absolute Gasteiger partial charge is 0.258 e. The average molecular weight is 230 g/mol. The molecule has 1 aromatic heterocycles. The van der Waals surface area contributed by atoms with Gasteiger partial charge in [0.15, 0.2) is 5.82 Å². The molecule has 0 saturated heterocycles. The summed E-state index contributed by atoms with van der Waals surface area (Å²) in [5.41, 5.74) is 6.71. The molecule has 0 amide bonds. The van der Waals surface area contributed by atoms with Crippen molar-refractivity contribution in [1.29, 1.82) is 5.26 Å². The van der Waals surface area contributed by atoms with Crippen molar-refractivity contribution in [3.8, 4) is 17.5 Å². The molecule has 1 aromatic carbocycles. The number of hydrogen-bond acceptors (Lipinski definition) is 6. The highest BCUT2D eigenvalue weighted by atomic mass is 16.5. The zero-order chi connectivity index (χ0) is 12.3. The fourth-order valence-corrected chi connectivity index (χ4v) is 1.31. The van der Waals surface area contributed by atoms with Crippen LogP contribution in [-0.4, -0.2) is 21.9 Å². The van der Waals surface area contributed by atoms with Crippen LogP contribution in [0.2, 0.25) is 0 Å². The van der Waals surface area contributed by atoms with Crippen LogP contribution in [0.5, 0.6) is 0 Å². The molecule has 0 spiro atoms. The molecule has 2 aromatic rings. The van der Waals surface area contributed by atoms with E-state index < -0.39 is 6.04 Å². The number of aliphatic hydroxyl groups is 1. The molecular weight excluding hydrogens is 220 g/mol. The predicted molar refractivity (Wildman–Crippen MR) is 58.5 cm³/mol. The quantitative estimate of drug-likeness (QED) is 0.799. The standard InChI is InChI=1S/C11H10N4O2/c12-5-7-2-1-3-8(4-7)11-14-10(15-17-11)9(13)6-16/h1-4,9,16H,6,13H2. The van der Waals surface area contributed by atoms with Crippen LogP contribution >= 0.6 is 0 Å². The first-order valence-electron chi connectivity index (χ1n) is 4.95. The van der Waals surface area contributed by atoms with Crippen molar-refractivity contribution in [3.05, 3.63) is 35.7 Å². The molecule has 17 heavy (non-hydrogen) atoms. The largest absolute Gasteiger partial charge is 0.394 e. The van der Waals surface area contributed by atoms with Crippen molar-refractivity contribution in [3.63, 3.8) is 0 Å². The number of nitrogens with zero attached hydrogens (tertiary/aromatic N) is 3. The number of benzene rings is 1. The summed E-state index contributed by atoms with van der Waals surface area (Å²) in [4.78, 5) is 4.05. The van der Waals surface area contributed by atoms with Gasteiger partial charge in [0.2, 0.25) is 0 Å². The van der Waals surface area contributed by atoms with Crippen molar-refractivity contribution in [1.82, 2.24) is 10.1 Å². The number of rotatable bonds is 3. The summed E-state index contributed by atoms with van der Waals surface area (Å²) >= 11 is 0. The third-order valence-electron chi connectivity index (χ3n) is 2.21. The van der Waals surface area contributed by atoms with Crippen LogP contribution in [0.1, 0.15) is 17.4 Å². The van der Waals surface area contributed by atoms with E-state index in [4.69, 9.17) is 20.6 Å². The lowest BCUT2D eigenvalue weighted by atomic mass is 10.1. The molecule has 0 saturated carbocycles. The zero-order valence-electron chi connectivity index (χ0n) is 8.87. The van der Waals surface area contributed by atoms with Gasteiger partial charge in [0.1, 0.15) is 0 Å². The molecule has 2 rings (SSSR count). The molecule has 0 fully saturated rings. The lowest BCUT2D eigenvalue weighted by Crippen LogP contribution is -2.15. The van der Waals surface area contributed by atoms with Gasteiger partial charge in [0, 0.05) is 5.56 Å². The first-order valence-corrected chi connectivity index (χ1v) is 4.95. The van der Waals surface area contributed by atoms with E-state index in [-0.39, 0.29) is 18.3 Å². The molecule has 1 unspecified atom stereocenters. The van der Waals surface area contributed by atoms with E-state index in [0.717, 1.165) is 0 Å². The lowest BCUT2D eigenvalue weighted by molar-refractivity contribution is 0.260. The maximum atomic E-state index is 8.86. The van der Waals surface area contributed by atoms with Gasteiger partial charge < -0.3 is 15.4 Å². The Labute approximate surface area is 97.3 Å². The number of aromatic nitrogens is 2. The Bertz CT molecular complexity index is 559. The second-order valence-electron chi connectivity index (χ2n) is 3.44. The normalized spacial score (nSPS) is 12.1. The van der Waals surface area contributed by atoms with Gasteiger partial charge >= 0.3 is 0 Å². The summed E-state index contributed by atoms with van der Waals surface area (Å²) in [7, 11) is 0. The van der Waals surface area contributed by atoms with Gasteiger partial charge in [-0.1, -0.05) is 11.2 Å². The van der Waals surface area contributed by atoms with Gasteiger partial charge in [-0.25, -0.2) is 0 Å². The molecule has 6 heteroatoms. The van der Waals surface area contributed by atoms with E-state index in [0.29, 0.717) is 11.1 Å². The molecule has 0 bridgehead atoms. The molecular formula is C11H10N4O2. The summed E-state index contributed by atoms with van der Waals surface area (Å²) in [6.45, 7) is -0.253. The Kier molecular flexibility index (Phi) is 3.14. The molecule has 86 valence electrons. The Morgan fingerprint density at radius 1 is 1.53 bits per heavy atom. The van der Waals surface area contributed by atoms with Gasteiger partial charge in [-0.15, -0.1) is 0 Å². The molecule has 0 aliphatic heterocycles. The summed E-state index contributed by atoms with van der Waals surface area (Å²) < 4.78 is 5.01. The Balaban J connectivity index is 2.34. The van der Waals surface area contributed by atoms with Crippen LogP contribution in [-0.2, 0) is 0 Å². The van der Waals surface area contributed by atoms with Crippen molar-refractivity contribution in [2.24, 2.45) is 5.73 Å². The highest BCUT2D eigenvalue weighted by molar-refractivity contribution is 5.55. The zero-order valence-corrected chi connectivity index (χ0v) is 8.87. The molecule has 0 aliphatic rings. The third kappa shape index (κ3) is 2.30. The fourth-order valence-electron chi connectivity index (χ4n) is 1.31. The topological polar surface area (TPSA) is 109 Å². The molecule has 0 radical (unpaired) electrons. The molecule has 3 N–H and O–H groups in total. The van der Waals surface area contributed by atoms with Crippen LogP contribution in [0.3, 0.4) is 0 Å². The Morgan fingerprint density at radius 3 is 3.06 bits per heavy atom. The molecule has 1 atom stereocenters. The highest BCUT2D eigenvalue weighted by Gasteiger charge is 2.14. The number of nitriles is 1. The molecule has 6 nitrogen and oxygen atoms in total. The van der Waals surface area contributed by atoms with E-state index in [9.17, 15) is 0 Å². The second-order valence-corrected chi connectivity index (χ2v) is 3.44. The third-order valence-corrected chi connectivity index (χ3v) is 2.21. The maximum absolute atomic E-state index is 8.86. The van der Waals surface area contributed by atoms with Gasteiger partial charge in [-0.05, 0) is 18.2 Å². The predicted octanol–water partition coefficient (Wildman–Crippen LogP) is 0.600. The van der Waals surface area contributed by atoms with Crippen LogP contribution in [0, 0.1) is 11.3 Å². The van der Waals surface area contributed by atoms with Gasteiger partial charge in [0.25, 0.3) is 5.89 Å². The second kappa shape index (κ2) is 4.74. The van der Waals surface area contributed by atoms with E-state index >= 15 is 0 Å². The number of hydrogen-bond donors (Lipinski definition) is 2. The van der Waals surface area contributed by atoms with E-state index in [1.54, 1.807) is 24.3 Å². The minimum atomic E-state index is -0.661. The minimum Gasteiger partial charge on any atom is -0.394 e. The monoisotopic (exact) mass is 230 g/mol. The van der Waals surface area contributed by atoms with Gasteiger partial charge in [-0.2, -0.15) is 10.2 Å². The SMILES string of the molecule is N#Cc1cccc(-c2nc(C(N)CO)no2)c1. The summed E-state index contributed by atoms with van der Waals surface area (Å²) in [6.07, 6.45) is 0. The Hall–Kier alpha value is -2.23. The first-order chi connectivity index (χ1) is 8.24. The minimum absolute atomic E-state index is 0.241. The summed E-state index contributed by atoms with van der Waals surface area (Å²) in [5, 5.41) is 21.3. The van der Waals surface area contributed by atoms with E-state index in [1.807, 2.05) is 6.07 Å². The van der Waals surface area contributed by atoms with Crippen LogP contribution < -0.4 is 5.73 Å². The average Bonchev–Trinajstić information content (AvgIpc) is 2.87. The van der Waals surface area contributed by atoms with Crippen LogP contribution in [0.25, 0.3) is 11.5 Å². The summed E-state index contributed by atoms with van der Waals surface area (Å²) in [6, 6.07) is 8.16.